The number of aromatic nitrogens is 1. The highest BCUT2D eigenvalue weighted by atomic mass is 35.5. The summed E-state index contributed by atoms with van der Waals surface area (Å²) in [6.07, 6.45) is 3.70. The van der Waals surface area contributed by atoms with Gasteiger partial charge in [0.05, 0.1) is 10.5 Å². The molecule has 1 aromatic heterocycles. The Balaban J connectivity index is 2.36. The summed E-state index contributed by atoms with van der Waals surface area (Å²) in [7, 11) is 0. The number of nitrogens with two attached hydrogens (primary N) is 1. The van der Waals surface area contributed by atoms with Crippen molar-refractivity contribution in [2.45, 2.75) is 12.8 Å². The van der Waals surface area contributed by atoms with Crippen molar-refractivity contribution in [1.82, 2.24) is 4.98 Å². The zero-order valence-corrected chi connectivity index (χ0v) is 9.17. The molecule has 0 atom stereocenters. The largest absolute Gasteiger partial charge is 0.330 e. The van der Waals surface area contributed by atoms with Gasteiger partial charge in [0.15, 0.2) is 0 Å². The molecule has 0 unspecified atom stereocenters. The minimum atomic E-state index is 0.679. The fourth-order valence-corrected chi connectivity index (χ4v) is 1.78. The lowest BCUT2D eigenvalue weighted by molar-refractivity contribution is 0.833. The first-order chi connectivity index (χ1) is 7.29. The van der Waals surface area contributed by atoms with Crippen molar-refractivity contribution < 1.29 is 0 Å². The van der Waals surface area contributed by atoms with E-state index in [4.69, 9.17) is 17.3 Å². The normalized spacial score (nSPS) is 10.8. The first-order valence-electron chi connectivity index (χ1n) is 5.04. The van der Waals surface area contributed by atoms with Gasteiger partial charge in [-0.2, -0.15) is 0 Å². The Labute approximate surface area is 94.1 Å². The minimum Gasteiger partial charge on any atom is -0.330 e. The maximum atomic E-state index is 5.89. The molecule has 1 heterocycles. The SMILES string of the molecule is NCCCc1ccc2ncc(Cl)cc2c1. The van der Waals surface area contributed by atoms with E-state index in [2.05, 4.69) is 17.1 Å². The fourth-order valence-electron chi connectivity index (χ4n) is 1.62. The minimum absolute atomic E-state index is 0.679. The zero-order valence-electron chi connectivity index (χ0n) is 8.41. The molecule has 0 radical (unpaired) electrons. The summed E-state index contributed by atoms with van der Waals surface area (Å²) in [5.41, 5.74) is 7.75. The van der Waals surface area contributed by atoms with Crippen LogP contribution in [0, 0.1) is 0 Å². The Kier molecular flexibility index (Phi) is 3.19. The molecule has 2 nitrogen and oxygen atoms in total. The van der Waals surface area contributed by atoms with Crippen LogP contribution in [0.5, 0.6) is 0 Å². The third-order valence-corrected chi connectivity index (χ3v) is 2.59. The zero-order chi connectivity index (χ0) is 10.7. The quantitative estimate of drug-likeness (QED) is 0.864. The van der Waals surface area contributed by atoms with Crippen LogP contribution in [0.2, 0.25) is 5.02 Å². The molecule has 0 spiro atoms. The van der Waals surface area contributed by atoms with Crippen LogP contribution in [0.3, 0.4) is 0 Å². The number of fused-ring (bicyclic) bond motifs is 1. The maximum absolute atomic E-state index is 5.89. The summed E-state index contributed by atoms with van der Waals surface area (Å²) in [6, 6.07) is 8.19. The molecular formula is C12H13ClN2. The second-order valence-corrected chi connectivity index (χ2v) is 4.01. The van der Waals surface area contributed by atoms with Gasteiger partial charge in [-0.05, 0) is 43.1 Å². The topological polar surface area (TPSA) is 38.9 Å². The predicted molar refractivity (Wildman–Crippen MR) is 64.1 cm³/mol. The highest BCUT2D eigenvalue weighted by Crippen LogP contribution is 2.18. The number of nitrogens with zero attached hydrogens (tertiary/aromatic N) is 1. The third-order valence-electron chi connectivity index (χ3n) is 2.38. The molecule has 0 aliphatic heterocycles. The Morgan fingerprint density at radius 2 is 2.13 bits per heavy atom. The van der Waals surface area contributed by atoms with E-state index in [-0.39, 0.29) is 0 Å². The monoisotopic (exact) mass is 220 g/mol. The van der Waals surface area contributed by atoms with E-state index in [9.17, 15) is 0 Å². The van der Waals surface area contributed by atoms with E-state index in [1.54, 1.807) is 6.20 Å². The number of hydrogen-bond donors (Lipinski definition) is 1. The highest BCUT2D eigenvalue weighted by molar-refractivity contribution is 6.31. The molecular weight excluding hydrogens is 208 g/mol. The van der Waals surface area contributed by atoms with E-state index in [0.29, 0.717) is 5.02 Å². The van der Waals surface area contributed by atoms with Crippen LogP contribution in [-0.4, -0.2) is 11.5 Å². The summed E-state index contributed by atoms with van der Waals surface area (Å²) in [4.78, 5) is 4.25. The first kappa shape index (κ1) is 10.4. The van der Waals surface area contributed by atoms with Gasteiger partial charge < -0.3 is 5.73 Å². The summed E-state index contributed by atoms with van der Waals surface area (Å²) >= 11 is 5.89. The molecule has 0 aliphatic carbocycles. The molecule has 3 heteroatoms. The van der Waals surface area contributed by atoms with Gasteiger partial charge >= 0.3 is 0 Å². The molecule has 78 valence electrons. The lowest BCUT2D eigenvalue weighted by atomic mass is 10.1. The van der Waals surface area contributed by atoms with Crippen molar-refractivity contribution in [3.63, 3.8) is 0 Å². The first-order valence-corrected chi connectivity index (χ1v) is 5.41. The van der Waals surface area contributed by atoms with Gasteiger partial charge in [-0.15, -0.1) is 0 Å². The Hall–Kier alpha value is -1.12. The van der Waals surface area contributed by atoms with Gasteiger partial charge in [0, 0.05) is 11.6 Å². The smallest absolute Gasteiger partial charge is 0.0703 e. The van der Waals surface area contributed by atoms with Crippen molar-refractivity contribution in [1.29, 1.82) is 0 Å². The van der Waals surface area contributed by atoms with Crippen molar-refractivity contribution in [2.75, 3.05) is 6.54 Å². The molecule has 0 amide bonds. The lowest BCUT2D eigenvalue weighted by Gasteiger charge is -2.02. The second kappa shape index (κ2) is 4.60. The van der Waals surface area contributed by atoms with Crippen molar-refractivity contribution in [3.05, 3.63) is 41.0 Å². The average Bonchev–Trinajstić information content (AvgIpc) is 2.25. The number of pyridine rings is 1. The lowest BCUT2D eigenvalue weighted by Crippen LogP contribution is -2.00. The third kappa shape index (κ3) is 2.46. The molecule has 0 saturated heterocycles. The van der Waals surface area contributed by atoms with E-state index in [1.807, 2.05) is 12.1 Å². The molecule has 2 rings (SSSR count). The van der Waals surface area contributed by atoms with Crippen LogP contribution >= 0.6 is 11.6 Å². The van der Waals surface area contributed by atoms with Gasteiger partial charge in [0.1, 0.15) is 0 Å². The van der Waals surface area contributed by atoms with Gasteiger partial charge in [-0.1, -0.05) is 17.7 Å². The average molecular weight is 221 g/mol. The number of benzene rings is 1. The molecule has 0 aliphatic rings. The Bertz CT molecular complexity index is 468. The number of aryl methyl sites for hydroxylation is 1. The van der Waals surface area contributed by atoms with Crippen molar-refractivity contribution >= 4 is 22.5 Å². The number of rotatable bonds is 3. The summed E-state index contributed by atoms with van der Waals surface area (Å²) in [5, 5.41) is 1.77. The molecule has 0 fully saturated rings. The van der Waals surface area contributed by atoms with E-state index in [1.165, 1.54) is 5.56 Å². The van der Waals surface area contributed by atoms with Crippen LogP contribution in [0.1, 0.15) is 12.0 Å². The number of hydrogen-bond acceptors (Lipinski definition) is 2. The second-order valence-electron chi connectivity index (χ2n) is 3.57. The predicted octanol–water partition coefficient (Wildman–Crippen LogP) is 2.78. The van der Waals surface area contributed by atoms with Gasteiger partial charge in [-0.25, -0.2) is 0 Å². The Morgan fingerprint density at radius 3 is 2.93 bits per heavy atom. The van der Waals surface area contributed by atoms with Crippen LogP contribution < -0.4 is 5.73 Å². The van der Waals surface area contributed by atoms with Crippen molar-refractivity contribution in [3.8, 4) is 0 Å². The van der Waals surface area contributed by atoms with Gasteiger partial charge in [-0.3, -0.25) is 4.98 Å². The standard InChI is InChI=1S/C12H13ClN2/c13-11-7-10-6-9(2-1-5-14)3-4-12(10)15-8-11/h3-4,6-8H,1-2,5,14H2. The van der Waals surface area contributed by atoms with Crippen molar-refractivity contribution in [2.24, 2.45) is 5.73 Å². The fraction of sp³-hybridized carbons (Fsp3) is 0.250. The van der Waals surface area contributed by atoms with Gasteiger partial charge in [0.2, 0.25) is 0 Å². The molecule has 2 N–H and O–H groups in total. The summed E-state index contributed by atoms with van der Waals surface area (Å²) in [5.74, 6) is 0. The Morgan fingerprint density at radius 1 is 1.27 bits per heavy atom. The highest BCUT2D eigenvalue weighted by Gasteiger charge is 1.98. The summed E-state index contributed by atoms with van der Waals surface area (Å²) in [6.45, 7) is 0.728. The molecule has 0 bridgehead atoms. The summed E-state index contributed by atoms with van der Waals surface area (Å²) < 4.78 is 0. The van der Waals surface area contributed by atoms with E-state index in [0.717, 1.165) is 30.3 Å². The van der Waals surface area contributed by atoms with Gasteiger partial charge in [0.25, 0.3) is 0 Å². The molecule has 15 heavy (non-hydrogen) atoms. The van der Waals surface area contributed by atoms with Crippen LogP contribution in [0.15, 0.2) is 30.5 Å². The number of halogens is 1. The molecule has 2 aromatic rings. The van der Waals surface area contributed by atoms with Crippen LogP contribution in [-0.2, 0) is 6.42 Å². The van der Waals surface area contributed by atoms with Crippen LogP contribution in [0.4, 0.5) is 0 Å². The van der Waals surface area contributed by atoms with E-state index < -0.39 is 0 Å². The molecule has 0 saturated carbocycles. The van der Waals surface area contributed by atoms with Crippen LogP contribution in [0.25, 0.3) is 10.9 Å². The van der Waals surface area contributed by atoms with E-state index >= 15 is 0 Å². The molecule has 1 aromatic carbocycles. The maximum Gasteiger partial charge on any atom is 0.0703 e.